The van der Waals surface area contributed by atoms with E-state index in [0.29, 0.717) is 49.0 Å². The Morgan fingerprint density at radius 1 is 1.10 bits per heavy atom. The molecule has 1 aliphatic heterocycles. The van der Waals surface area contributed by atoms with E-state index in [1.165, 1.54) is 29.6 Å². The molecule has 0 spiro atoms. The molecule has 0 atom stereocenters. The van der Waals surface area contributed by atoms with Crippen molar-refractivity contribution < 1.29 is 22.0 Å². The third kappa shape index (κ3) is 4.01. The van der Waals surface area contributed by atoms with Crippen LogP contribution in [0.1, 0.15) is 24.7 Å². The fourth-order valence-electron chi connectivity index (χ4n) is 3.36. The number of rotatable bonds is 5. The number of hydrogen-bond donors (Lipinski definition) is 0. The zero-order valence-corrected chi connectivity index (χ0v) is 16.6. The van der Waals surface area contributed by atoms with Crippen LogP contribution in [0.2, 0.25) is 0 Å². The van der Waals surface area contributed by atoms with Crippen molar-refractivity contribution in [3.8, 4) is 17.2 Å². The molecular formula is C20H20FN3O4S. The quantitative estimate of drug-likeness (QED) is 0.632. The summed E-state index contributed by atoms with van der Waals surface area (Å²) in [5.74, 6) is 0.945. The largest absolute Gasteiger partial charge is 0.497 e. The normalized spacial score (nSPS) is 16.1. The molecule has 0 radical (unpaired) electrons. The summed E-state index contributed by atoms with van der Waals surface area (Å²) in [6, 6.07) is 12.3. The number of benzene rings is 2. The van der Waals surface area contributed by atoms with E-state index in [1.807, 2.05) is 0 Å². The number of methoxy groups -OCH3 is 1. The molecule has 1 aliphatic rings. The maximum atomic E-state index is 13.1. The molecule has 0 aliphatic carbocycles. The van der Waals surface area contributed by atoms with Gasteiger partial charge in [0, 0.05) is 30.6 Å². The lowest BCUT2D eigenvalue weighted by atomic mass is 9.98. The van der Waals surface area contributed by atoms with Gasteiger partial charge in [0.05, 0.1) is 12.0 Å². The van der Waals surface area contributed by atoms with Crippen LogP contribution >= 0.6 is 0 Å². The Bertz CT molecular complexity index is 1090. The summed E-state index contributed by atoms with van der Waals surface area (Å²) in [5.41, 5.74) is 0.642. The zero-order chi connectivity index (χ0) is 20.4. The molecule has 0 bridgehead atoms. The van der Waals surface area contributed by atoms with Gasteiger partial charge in [-0.2, -0.15) is 4.31 Å². The van der Waals surface area contributed by atoms with Crippen LogP contribution in [0.15, 0.2) is 57.8 Å². The highest BCUT2D eigenvalue weighted by Crippen LogP contribution is 2.32. The molecule has 3 aromatic rings. The lowest BCUT2D eigenvalue weighted by Gasteiger charge is -2.29. The molecule has 0 saturated carbocycles. The predicted molar refractivity (Wildman–Crippen MR) is 103 cm³/mol. The second-order valence-corrected chi connectivity index (χ2v) is 8.75. The number of aromatic nitrogens is 2. The van der Waals surface area contributed by atoms with Crippen LogP contribution in [0.4, 0.5) is 4.39 Å². The first-order valence-corrected chi connectivity index (χ1v) is 10.6. The van der Waals surface area contributed by atoms with Crippen LogP contribution in [0.3, 0.4) is 0 Å². The van der Waals surface area contributed by atoms with Crippen LogP contribution in [0, 0.1) is 5.82 Å². The van der Waals surface area contributed by atoms with Crippen LogP contribution in [-0.2, 0) is 10.0 Å². The molecule has 9 heteroatoms. The Morgan fingerprint density at radius 3 is 2.52 bits per heavy atom. The molecule has 1 aromatic heterocycles. The second kappa shape index (κ2) is 7.92. The monoisotopic (exact) mass is 417 g/mol. The van der Waals surface area contributed by atoms with Gasteiger partial charge in [-0.3, -0.25) is 0 Å². The number of halogens is 1. The minimum absolute atomic E-state index is 0.0199. The Hall–Kier alpha value is -2.78. The summed E-state index contributed by atoms with van der Waals surface area (Å²) in [6.07, 6.45) is 1.16. The average molecular weight is 417 g/mol. The lowest BCUT2D eigenvalue weighted by Crippen LogP contribution is -2.37. The standard InChI is InChI=1S/C20H20FN3O4S/c1-27-17-3-2-4-18(13-17)29(25,26)24-11-9-15(10-12-24)20-23-22-19(28-20)14-5-7-16(21)8-6-14/h2-8,13,15H,9-12H2,1H3. The highest BCUT2D eigenvalue weighted by molar-refractivity contribution is 7.89. The fraction of sp³-hybridized carbons (Fsp3) is 0.300. The average Bonchev–Trinajstić information content (AvgIpc) is 3.24. The summed E-state index contributed by atoms with van der Waals surface area (Å²) >= 11 is 0. The van der Waals surface area contributed by atoms with E-state index in [0.717, 1.165) is 0 Å². The summed E-state index contributed by atoms with van der Waals surface area (Å²) in [6.45, 7) is 0.719. The van der Waals surface area contributed by atoms with Gasteiger partial charge in [-0.1, -0.05) is 6.07 Å². The van der Waals surface area contributed by atoms with Crippen molar-refractivity contribution in [2.75, 3.05) is 20.2 Å². The fourth-order valence-corrected chi connectivity index (χ4v) is 4.87. The molecule has 2 heterocycles. The molecule has 1 saturated heterocycles. The molecule has 0 amide bonds. The summed E-state index contributed by atoms with van der Waals surface area (Å²) in [7, 11) is -2.09. The van der Waals surface area contributed by atoms with Crippen molar-refractivity contribution in [1.29, 1.82) is 0 Å². The molecule has 152 valence electrons. The maximum Gasteiger partial charge on any atom is 0.247 e. The molecule has 29 heavy (non-hydrogen) atoms. The predicted octanol–water partition coefficient (Wildman–Crippen LogP) is 3.45. The highest BCUT2D eigenvalue weighted by atomic mass is 32.2. The summed E-state index contributed by atoms with van der Waals surface area (Å²) in [5, 5.41) is 8.15. The van der Waals surface area contributed by atoms with E-state index in [2.05, 4.69) is 10.2 Å². The summed E-state index contributed by atoms with van der Waals surface area (Å²) in [4.78, 5) is 0.215. The molecule has 2 aromatic carbocycles. The molecule has 4 rings (SSSR count). The SMILES string of the molecule is COc1cccc(S(=O)(=O)N2CCC(c3nnc(-c4ccc(F)cc4)o3)CC2)c1. The Morgan fingerprint density at radius 2 is 1.83 bits per heavy atom. The second-order valence-electron chi connectivity index (χ2n) is 6.81. The van der Waals surface area contributed by atoms with Crippen LogP contribution in [0.25, 0.3) is 11.5 Å². The first-order valence-electron chi connectivity index (χ1n) is 9.21. The van der Waals surface area contributed by atoms with Gasteiger partial charge in [0.2, 0.25) is 21.8 Å². The smallest absolute Gasteiger partial charge is 0.247 e. The number of piperidine rings is 1. The van der Waals surface area contributed by atoms with Crippen molar-refractivity contribution in [3.63, 3.8) is 0 Å². The number of nitrogens with zero attached hydrogens (tertiary/aromatic N) is 3. The van der Waals surface area contributed by atoms with E-state index in [4.69, 9.17) is 9.15 Å². The Balaban J connectivity index is 1.45. The molecule has 7 nitrogen and oxygen atoms in total. The highest BCUT2D eigenvalue weighted by Gasteiger charge is 2.32. The van der Waals surface area contributed by atoms with E-state index in [-0.39, 0.29) is 16.6 Å². The van der Waals surface area contributed by atoms with Gasteiger partial charge >= 0.3 is 0 Å². The van der Waals surface area contributed by atoms with E-state index in [9.17, 15) is 12.8 Å². The van der Waals surface area contributed by atoms with E-state index < -0.39 is 10.0 Å². The van der Waals surface area contributed by atoms with Gasteiger partial charge < -0.3 is 9.15 Å². The van der Waals surface area contributed by atoms with Gasteiger partial charge in [-0.05, 0) is 49.2 Å². The van der Waals surface area contributed by atoms with Gasteiger partial charge in [0.1, 0.15) is 11.6 Å². The zero-order valence-electron chi connectivity index (χ0n) is 15.8. The van der Waals surface area contributed by atoms with E-state index >= 15 is 0 Å². The number of sulfonamides is 1. The van der Waals surface area contributed by atoms with Crippen molar-refractivity contribution >= 4 is 10.0 Å². The third-order valence-electron chi connectivity index (χ3n) is 5.01. The van der Waals surface area contributed by atoms with Crippen molar-refractivity contribution in [3.05, 3.63) is 60.2 Å². The van der Waals surface area contributed by atoms with Crippen LogP contribution in [-0.4, -0.2) is 43.1 Å². The van der Waals surface area contributed by atoms with Crippen molar-refractivity contribution in [2.24, 2.45) is 0 Å². The number of ether oxygens (including phenoxy) is 1. The first-order chi connectivity index (χ1) is 14.0. The third-order valence-corrected chi connectivity index (χ3v) is 6.91. The Labute approximate surface area is 168 Å². The maximum absolute atomic E-state index is 13.1. The summed E-state index contributed by atoms with van der Waals surface area (Å²) < 4.78 is 51.2. The van der Waals surface area contributed by atoms with Crippen LogP contribution in [0.5, 0.6) is 5.75 Å². The van der Waals surface area contributed by atoms with Crippen molar-refractivity contribution in [2.45, 2.75) is 23.7 Å². The van der Waals surface area contributed by atoms with Gasteiger partial charge in [0.15, 0.2) is 0 Å². The first kappa shape index (κ1) is 19.5. The van der Waals surface area contributed by atoms with Gasteiger partial charge in [-0.25, -0.2) is 12.8 Å². The minimum Gasteiger partial charge on any atom is -0.497 e. The lowest BCUT2D eigenvalue weighted by molar-refractivity contribution is 0.291. The molecule has 0 N–H and O–H groups in total. The Kier molecular flexibility index (Phi) is 5.33. The van der Waals surface area contributed by atoms with Crippen LogP contribution < -0.4 is 4.74 Å². The van der Waals surface area contributed by atoms with Gasteiger partial charge in [-0.15, -0.1) is 10.2 Å². The topological polar surface area (TPSA) is 85.5 Å². The van der Waals surface area contributed by atoms with E-state index in [1.54, 1.807) is 30.3 Å². The number of hydrogen-bond acceptors (Lipinski definition) is 6. The molecular weight excluding hydrogens is 397 g/mol. The minimum atomic E-state index is -3.59. The van der Waals surface area contributed by atoms with Crippen molar-refractivity contribution in [1.82, 2.24) is 14.5 Å². The van der Waals surface area contributed by atoms with Gasteiger partial charge in [0.25, 0.3) is 0 Å². The molecule has 1 fully saturated rings. The molecule has 0 unspecified atom stereocenters.